The Hall–Kier alpha value is -2.62. The fourth-order valence-electron chi connectivity index (χ4n) is 2.11. The number of benzene rings is 2. The van der Waals surface area contributed by atoms with Gasteiger partial charge in [-0.05, 0) is 49.4 Å². The quantitative estimate of drug-likeness (QED) is 0.736. The number of ether oxygens (including phenoxy) is 1. The fourth-order valence-corrected chi connectivity index (χ4v) is 2.11. The molecular weight excluding hydrogens is 252 g/mol. The molecule has 3 aromatic rings. The average Bonchev–Trinajstić information content (AvgIpc) is 2.91. The third-order valence-corrected chi connectivity index (χ3v) is 3.08. The zero-order chi connectivity index (χ0) is 13.9. The van der Waals surface area contributed by atoms with Crippen molar-refractivity contribution in [1.29, 1.82) is 0 Å². The van der Waals surface area contributed by atoms with E-state index in [4.69, 9.17) is 4.74 Å². The van der Waals surface area contributed by atoms with Crippen molar-refractivity contribution in [3.8, 4) is 17.1 Å². The second-order valence-electron chi connectivity index (χ2n) is 4.44. The summed E-state index contributed by atoms with van der Waals surface area (Å²) in [5, 5.41) is 0. The second-order valence-corrected chi connectivity index (χ2v) is 4.44. The number of carbonyl (C=O) groups excluding carboxylic acids is 1. The Balaban J connectivity index is 1.98. The molecule has 0 saturated heterocycles. The average molecular weight is 266 g/mol. The normalized spacial score (nSPS) is 10.7. The van der Waals surface area contributed by atoms with Gasteiger partial charge < -0.3 is 9.72 Å². The van der Waals surface area contributed by atoms with Gasteiger partial charge in [-0.1, -0.05) is 0 Å². The molecule has 2 aromatic carbocycles. The molecule has 0 radical (unpaired) electrons. The molecule has 4 heteroatoms. The summed E-state index contributed by atoms with van der Waals surface area (Å²) in [4.78, 5) is 18.5. The van der Waals surface area contributed by atoms with E-state index >= 15 is 0 Å². The van der Waals surface area contributed by atoms with Gasteiger partial charge in [-0.15, -0.1) is 0 Å². The minimum atomic E-state index is 0.638. The van der Waals surface area contributed by atoms with Gasteiger partial charge in [-0.2, -0.15) is 0 Å². The largest absolute Gasteiger partial charge is 0.494 e. The monoisotopic (exact) mass is 266 g/mol. The van der Waals surface area contributed by atoms with Crippen LogP contribution in [0.25, 0.3) is 22.4 Å². The summed E-state index contributed by atoms with van der Waals surface area (Å²) >= 11 is 0. The van der Waals surface area contributed by atoms with Crippen LogP contribution in [0.4, 0.5) is 0 Å². The topological polar surface area (TPSA) is 55.0 Å². The van der Waals surface area contributed by atoms with Gasteiger partial charge in [0.05, 0.1) is 17.6 Å². The Morgan fingerprint density at radius 1 is 1.20 bits per heavy atom. The van der Waals surface area contributed by atoms with E-state index in [2.05, 4.69) is 9.97 Å². The number of nitrogens with zero attached hydrogens (tertiary/aromatic N) is 1. The second kappa shape index (κ2) is 5.17. The summed E-state index contributed by atoms with van der Waals surface area (Å²) in [5.74, 6) is 1.63. The molecular formula is C16H14N2O2. The number of hydrogen-bond donors (Lipinski definition) is 1. The van der Waals surface area contributed by atoms with Crippen molar-refractivity contribution in [3.05, 3.63) is 48.0 Å². The molecule has 0 aliphatic carbocycles. The molecule has 0 aliphatic heterocycles. The molecule has 0 fully saturated rings. The van der Waals surface area contributed by atoms with Crippen LogP contribution in [0, 0.1) is 0 Å². The molecule has 1 heterocycles. The van der Waals surface area contributed by atoms with Crippen LogP contribution in [0.15, 0.2) is 42.5 Å². The lowest BCUT2D eigenvalue weighted by atomic mass is 10.2. The highest BCUT2D eigenvalue weighted by molar-refractivity contribution is 5.86. The van der Waals surface area contributed by atoms with Crippen molar-refractivity contribution >= 4 is 17.3 Å². The van der Waals surface area contributed by atoms with Crippen molar-refractivity contribution in [2.75, 3.05) is 6.61 Å². The Morgan fingerprint density at radius 3 is 2.70 bits per heavy atom. The number of aromatic nitrogens is 2. The summed E-state index contributed by atoms with van der Waals surface area (Å²) in [7, 11) is 0. The minimum absolute atomic E-state index is 0.638. The lowest BCUT2D eigenvalue weighted by Gasteiger charge is -2.02. The molecule has 0 unspecified atom stereocenters. The molecule has 0 amide bonds. The Labute approximate surface area is 116 Å². The van der Waals surface area contributed by atoms with Crippen LogP contribution >= 0.6 is 0 Å². The van der Waals surface area contributed by atoms with E-state index in [9.17, 15) is 4.79 Å². The Bertz CT molecular complexity index is 745. The van der Waals surface area contributed by atoms with E-state index in [0.717, 1.165) is 34.5 Å². The molecule has 100 valence electrons. The van der Waals surface area contributed by atoms with Crippen molar-refractivity contribution in [3.63, 3.8) is 0 Å². The highest BCUT2D eigenvalue weighted by Crippen LogP contribution is 2.23. The van der Waals surface area contributed by atoms with E-state index < -0.39 is 0 Å². The first-order valence-corrected chi connectivity index (χ1v) is 6.48. The van der Waals surface area contributed by atoms with Crippen LogP contribution in [0.2, 0.25) is 0 Å². The summed E-state index contributed by atoms with van der Waals surface area (Å²) < 4.78 is 5.42. The van der Waals surface area contributed by atoms with Crippen LogP contribution in [-0.4, -0.2) is 22.9 Å². The maximum atomic E-state index is 10.8. The summed E-state index contributed by atoms with van der Waals surface area (Å²) in [5.41, 5.74) is 3.33. The number of fused-ring (bicyclic) bond motifs is 1. The highest BCUT2D eigenvalue weighted by Gasteiger charge is 2.06. The van der Waals surface area contributed by atoms with Crippen LogP contribution < -0.4 is 4.74 Å². The van der Waals surface area contributed by atoms with Crippen molar-refractivity contribution in [2.45, 2.75) is 6.92 Å². The lowest BCUT2D eigenvalue weighted by molar-refractivity contribution is 0.112. The molecule has 20 heavy (non-hydrogen) atoms. The predicted molar refractivity (Wildman–Crippen MR) is 78.1 cm³/mol. The van der Waals surface area contributed by atoms with Gasteiger partial charge in [0, 0.05) is 11.1 Å². The molecule has 3 rings (SSSR count). The number of aromatic amines is 1. The van der Waals surface area contributed by atoms with E-state index in [1.807, 2.05) is 37.3 Å². The number of H-pyrrole nitrogens is 1. The first-order chi connectivity index (χ1) is 9.80. The molecule has 0 atom stereocenters. The number of aldehydes is 1. The number of nitrogens with one attached hydrogen (secondary N) is 1. The fraction of sp³-hybridized carbons (Fsp3) is 0.125. The first kappa shape index (κ1) is 12.4. The highest BCUT2D eigenvalue weighted by atomic mass is 16.5. The number of hydrogen-bond acceptors (Lipinski definition) is 3. The third-order valence-electron chi connectivity index (χ3n) is 3.08. The first-order valence-electron chi connectivity index (χ1n) is 6.48. The van der Waals surface area contributed by atoms with E-state index in [1.165, 1.54) is 0 Å². The van der Waals surface area contributed by atoms with Crippen LogP contribution in [0.1, 0.15) is 17.3 Å². The molecule has 0 saturated carbocycles. The van der Waals surface area contributed by atoms with Crippen molar-refractivity contribution in [1.82, 2.24) is 9.97 Å². The summed E-state index contributed by atoms with van der Waals surface area (Å²) in [6, 6.07) is 13.2. The van der Waals surface area contributed by atoms with E-state index in [1.54, 1.807) is 12.1 Å². The molecule has 0 bridgehead atoms. The summed E-state index contributed by atoms with van der Waals surface area (Å²) in [6.07, 6.45) is 0.830. The smallest absolute Gasteiger partial charge is 0.150 e. The van der Waals surface area contributed by atoms with Gasteiger partial charge in [0.15, 0.2) is 0 Å². The maximum Gasteiger partial charge on any atom is 0.150 e. The zero-order valence-electron chi connectivity index (χ0n) is 11.1. The van der Waals surface area contributed by atoms with Crippen LogP contribution in [0.5, 0.6) is 5.75 Å². The van der Waals surface area contributed by atoms with Gasteiger partial charge in [0.1, 0.15) is 17.9 Å². The minimum Gasteiger partial charge on any atom is -0.494 e. The number of carbonyl (C=O) groups is 1. The van der Waals surface area contributed by atoms with Crippen molar-refractivity contribution in [2.24, 2.45) is 0 Å². The molecule has 1 N–H and O–H groups in total. The van der Waals surface area contributed by atoms with Gasteiger partial charge >= 0.3 is 0 Å². The van der Waals surface area contributed by atoms with Gasteiger partial charge in [0.25, 0.3) is 0 Å². The molecule has 0 aliphatic rings. The SMILES string of the molecule is CCOc1ccc(-c2nc3ccc(C=O)cc3[nH]2)cc1. The molecule has 1 aromatic heterocycles. The molecule has 4 nitrogen and oxygen atoms in total. The van der Waals surface area contributed by atoms with Crippen LogP contribution in [0.3, 0.4) is 0 Å². The maximum absolute atomic E-state index is 10.8. The van der Waals surface area contributed by atoms with E-state index in [-0.39, 0.29) is 0 Å². The Kier molecular flexibility index (Phi) is 3.21. The van der Waals surface area contributed by atoms with E-state index in [0.29, 0.717) is 12.2 Å². The lowest BCUT2D eigenvalue weighted by Crippen LogP contribution is -1.90. The van der Waals surface area contributed by atoms with Crippen molar-refractivity contribution < 1.29 is 9.53 Å². The zero-order valence-corrected chi connectivity index (χ0v) is 11.1. The predicted octanol–water partition coefficient (Wildman–Crippen LogP) is 3.44. The number of rotatable bonds is 4. The summed E-state index contributed by atoms with van der Waals surface area (Å²) in [6.45, 7) is 2.61. The number of imidazole rings is 1. The third kappa shape index (κ3) is 2.28. The van der Waals surface area contributed by atoms with Gasteiger partial charge in [-0.3, -0.25) is 4.79 Å². The molecule has 0 spiro atoms. The Morgan fingerprint density at radius 2 is 2.00 bits per heavy atom. The van der Waals surface area contributed by atoms with Crippen LogP contribution in [-0.2, 0) is 0 Å². The standard InChI is InChI=1S/C16H14N2O2/c1-2-20-13-6-4-12(5-7-13)16-17-14-8-3-11(10-19)9-15(14)18-16/h3-10H,2H2,1H3,(H,17,18). The van der Waals surface area contributed by atoms with Gasteiger partial charge in [-0.25, -0.2) is 4.98 Å². The van der Waals surface area contributed by atoms with Gasteiger partial charge in [0.2, 0.25) is 0 Å².